The second kappa shape index (κ2) is 2.70. The molecule has 12 heavy (non-hydrogen) atoms. The molecule has 0 fully saturated rings. The fourth-order valence-corrected chi connectivity index (χ4v) is 0.853. The Morgan fingerprint density at radius 2 is 2.08 bits per heavy atom. The van der Waals surface area contributed by atoms with E-state index in [1.165, 1.54) is 0 Å². The molecule has 7 heteroatoms. The van der Waals surface area contributed by atoms with E-state index in [-0.39, 0.29) is 0 Å². The first kappa shape index (κ1) is 8.91. The summed E-state index contributed by atoms with van der Waals surface area (Å²) in [7, 11) is 0. The van der Waals surface area contributed by atoms with E-state index in [2.05, 4.69) is 4.99 Å². The highest BCUT2D eigenvalue weighted by Gasteiger charge is 2.48. The lowest BCUT2D eigenvalue weighted by Crippen LogP contribution is -2.54. The molecule has 4 N–H and O–H groups in total. The molecule has 0 aromatic carbocycles. The van der Waals surface area contributed by atoms with Crippen LogP contribution in [-0.4, -0.2) is 56.3 Å². The van der Waals surface area contributed by atoms with Crippen LogP contribution in [0.15, 0.2) is 4.99 Å². The zero-order chi connectivity index (χ0) is 9.35. The lowest BCUT2D eigenvalue weighted by Gasteiger charge is -2.27. The van der Waals surface area contributed by atoms with Crippen LogP contribution in [0.25, 0.3) is 0 Å². The highest BCUT2D eigenvalue weighted by atomic mass is 16.4. The van der Waals surface area contributed by atoms with Crippen molar-refractivity contribution >= 4 is 11.9 Å². The Hall–Kier alpha value is -1.18. The quantitative estimate of drug-likeness (QED) is 0.389. The molecule has 1 unspecified atom stereocenters. The number of aliphatic hydroxyl groups excluding tert-OH is 3. The number of urea groups is 1. The molecule has 0 aromatic heterocycles. The molecule has 1 heterocycles. The normalized spacial score (nSPS) is 29.4. The molecule has 68 valence electrons. The van der Waals surface area contributed by atoms with Crippen LogP contribution in [-0.2, 0) is 0 Å². The lowest BCUT2D eigenvalue weighted by atomic mass is 10.2. The molecule has 7 nitrogen and oxygen atoms in total. The number of aliphatic hydroxyl groups is 4. The number of amides is 2. The summed E-state index contributed by atoms with van der Waals surface area (Å²) < 4.78 is 0. The molecular weight excluding hydrogens is 168 g/mol. The third kappa shape index (κ3) is 0.951. The minimum Gasteiger partial charge on any atom is -0.493 e. The smallest absolute Gasteiger partial charge is 0.351 e. The molecule has 0 aromatic rings. The van der Waals surface area contributed by atoms with E-state index in [1.807, 2.05) is 0 Å². The highest BCUT2D eigenvalue weighted by Crippen LogP contribution is 2.19. The van der Waals surface area contributed by atoms with Gasteiger partial charge in [0.05, 0.1) is 0 Å². The van der Waals surface area contributed by atoms with Crippen molar-refractivity contribution in [3.05, 3.63) is 0 Å². The summed E-state index contributed by atoms with van der Waals surface area (Å²) in [4.78, 5) is 14.1. The predicted octanol–water partition coefficient (Wildman–Crippen LogP) is -1.99. The van der Waals surface area contributed by atoms with E-state index in [9.17, 15) is 9.90 Å². The molecule has 0 bridgehead atoms. The first-order valence-corrected chi connectivity index (χ1v) is 3.10. The number of nitrogens with zero attached hydrogens (tertiary/aromatic N) is 2. The van der Waals surface area contributed by atoms with Gasteiger partial charge < -0.3 is 20.4 Å². The van der Waals surface area contributed by atoms with Crippen LogP contribution < -0.4 is 0 Å². The van der Waals surface area contributed by atoms with E-state index in [0.29, 0.717) is 4.90 Å². The second-order valence-electron chi connectivity index (χ2n) is 2.26. The highest BCUT2D eigenvalue weighted by molar-refractivity contribution is 6.01. The average Bonchev–Trinajstić information content (AvgIpc) is 2.24. The largest absolute Gasteiger partial charge is 0.493 e. The van der Waals surface area contributed by atoms with Crippen molar-refractivity contribution in [3.8, 4) is 0 Å². The van der Waals surface area contributed by atoms with Crippen LogP contribution in [0.5, 0.6) is 0 Å². The maximum atomic E-state index is 10.7. The summed E-state index contributed by atoms with van der Waals surface area (Å²) in [5.74, 6) is -0.913. The fraction of sp³-hybridized carbons (Fsp3) is 0.600. The Kier molecular flexibility index (Phi) is 2.01. The zero-order valence-electron chi connectivity index (χ0n) is 6.01. The van der Waals surface area contributed by atoms with Gasteiger partial charge in [-0.25, -0.2) is 4.79 Å². The van der Waals surface area contributed by atoms with Crippen LogP contribution in [0.2, 0.25) is 0 Å². The third-order valence-electron chi connectivity index (χ3n) is 1.60. The minimum atomic E-state index is -2.27. The number of carbonyl (C=O) groups is 1. The van der Waals surface area contributed by atoms with Crippen LogP contribution in [0.1, 0.15) is 0 Å². The predicted molar refractivity (Wildman–Crippen MR) is 36.4 cm³/mol. The average molecular weight is 176 g/mol. The second-order valence-corrected chi connectivity index (χ2v) is 2.26. The first-order valence-electron chi connectivity index (χ1n) is 3.10. The van der Waals surface area contributed by atoms with Gasteiger partial charge in [0.2, 0.25) is 11.6 Å². The summed E-state index contributed by atoms with van der Waals surface area (Å²) in [6.45, 7) is -1.75. The standard InChI is InChI=1S/C5H8N2O5/c8-1-5(12)3(10)6-4(11)7(5)2-9/h8-9,12H,1-2H2,(H,6,10,11). The van der Waals surface area contributed by atoms with E-state index in [1.54, 1.807) is 0 Å². The molecule has 0 saturated carbocycles. The van der Waals surface area contributed by atoms with Crippen molar-refractivity contribution in [2.45, 2.75) is 5.72 Å². The summed E-state index contributed by atoms with van der Waals surface area (Å²) in [6, 6.07) is -0.994. The number of hydrogen-bond donors (Lipinski definition) is 4. The maximum absolute atomic E-state index is 10.7. The lowest BCUT2D eigenvalue weighted by molar-refractivity contribution is -0.0881. The van der Waals surface area contributed by atoms with Gasteiger partial charge in [0.1, 0.15) is 13.3 Å². The van der Waals surface area contributed by atoms with Crippen molar-refractivity contribution in [1.29, 1.82) is 0 Å². The van der Waals surface area contributed by atoms with E-state index >= 15 is 0 Å². The first-order chi connectivity index (χ1) is 5.56. The molecule has 0 radical (unpaired) electrons. The SMILES string of the molecule is O=C1N=C(O)C(O)(CO)N1CO. The van der Waals surface area contributed by atoms with Crippen molar-refractivity contribution in [3.63, 3.8) is 0 Å². The summed E-state index contributed by atoms with van der Waals surface area (Å²) in [5, 5.41) is 35.4. The maximum Gasteiger partial charge on any atom is 0.351 e. The van der Waals surface area contributed by atoms with Gasteiger partial charge in [0.15, 0.2) is 0 Å². The summed E-state index contributed by atoms with van der Waals surface area (Å²) in [5.41, 5.74) is -2.27. The van der Waals surface area contributed by atoms with Gasteiger partial charge in [-0.1, -0.05) is 0 Å². The van der Waals surface area contributed by atoms with Gasteiger partial charge in [-0.2, -0.15) is 4.99 Å². The molecule has 0 aliphatic carbocycles. The Morgan fingerprint density at radius 3 is 2.42 bits per heavy atom. The van der Waals surface area contributed by atoms with E-state index in [0.717, 1.165) is 0 Å². The molecule has 2 amide bonds. The molecule has 1 atom stereocenters. The minimum absolute atomic E-state index is 0.433. The monoisotopic (exact) mass is 176 g/mol. The van der Waals surface area contributed by atoms with E-state index in [4.69, 9.17) is 15.3 Å². The van der Waals surface area contributed by atoms with Crippen LogP contribution >= 0.6 is 0 Å². The van der Waals surface area contributed by atoms with Gasteiger partial charge in [-0.15, -0.1) is 0 Å². The Bertz CT molecular complexity index is 240. The van der Waals surface area contributed by atoms with Gasteiger partial charge in [0, 0.05) is 0 Å². The Morgan fingerprint density at radius 1 is 1.50 bits per heavy atom. The molecule has 1 aliphatic rings. The Labute approximate surface area is 67.2 Å². The third-order valence-corrected chi connectivity index (χ3v) is 1.60. The molecule has 1 aliphatic heterocycles. The van der Waals surface area contributed by atoms with Crippen molar-refractivity contribution in [1.82, 2.24) is 4.90 Å². The van der Waals surface area contributed by atoms with Gasteiger partial charge in [0.25, 0.3) is 0 Å². The fourth-order valence-electron chi connectivity index (χ4n) is 0.853. The van der Waals surface area contributed by atoms with Crippen LogP contribution in [0.3, 0.4) is 0 Å². The van der Waals surface area contributed by atoms with Gasteiger partial charge in [-0.3, -0.25) is 4.90 Å². The Balaban J connectivity index is 2.99. The summed E-state index contributed by atoms with van der Waals surface area (Å²) in [6.07, 6.45) is 0. The topological polar surface area (TPSA) is 114 Å². The van der Waals surface area contributed by atoms with E-state index < -0.39 is 31.0 Å². The van der Waals surface area contributed by atoms with Gasteiger partial charge in [-0.05, 0) is 0 Å². The van der Waals surface area contributed by atoms with Crippen LogP contribution in [0, 0.1) is 0 Å². The summed E-state index contributed by atoms with van der Waals surface area (Å²) >= 11 is 0. The van der Waals surface area contributed by atoms with Crippen molar-refractivity contribution in [2.24, 2.45) is 4.99 Å². The molecule has 0 saturated heterocycles. The number of rotatable bonds is 2. The number of hydrogen-bond acceptors (Lipinski definition) is 4. The van der Waals surface area contributed by atoms with Gasteiger partial charge >= 0.3 is 6.03 Å². The van der Waals surface area contributed by atoms with Crippen molar-refractivity contribution in [2.75, 3.05) is 13.3 Å². The molecule has 0 spiro atoms. The van der Waals surface area contributed by atoms with Crippen LogP contribution in [0.4, 0.5) is 4.79 Å². The zero-order valence-corrected chi connectivity index (χ0v) is 6.01. The molecule has 1 rings (SSSR count). The number of aliphatic imine (C=N–C) groups is 1. The van der Waals surface area contributed by atoms with Crippen molar-refractivity contribution < 1.29 is 25.2 Å². The number of carbonyl (C=O) groups excluding carboxylic acids is 1. The molecular formula is C5H8N2O5.